The molecule has 0 aliphatic rings. The summed E-state index contributed by atoms with van der Waals surface area (Å²) in [6, 6.07) is 0. The minimum absolute atomic E-state index is 0. The molecular formula is H2AgCuGeSSnZn. The van der Waals surface area contributed by atoms with Crippen molar-refractivity contribution >= 4 is 55.0 Å². The van der Waals surface area contributed by atoms with Crippen LogP contribution >= 0.6 is 13.5 Å². The summed E-state index contributed by atoms with van der Waals surface area (Å²) >= 11 is 0. The molecule has 6 heteroatoms. The van der Waals surface area contributed by atoms with Gasteiger partial charge in [-0.3, -0.25) is 0 Å². The second-order valence-electron chi connectivity index (χ2n) is 0. The van der Waals surface area contributed by atoms with Gasteiger partial charge in [-0.2, -0.15) is 13.5 Å². The van der Waals surface area contributed by atoms with E-state index in [2.05, 4.69) is 0 Å². The van der Waals surface area contributed by atoms with E-state index in [1.54, 1.807) is 0 Å². The molecule has 40 valence electrons. The molecule has 0 aliphatic carbocycles. The van der Waals surface area contributed by atoms with Crippen molar-refractivity contribution in [1.29, 1.82) is 0 Å². The van der Waals surface area contributed by atoms with Crippen LogP contribution in [0.4, 0.5) is 0 Å². The van der Waals surface area contributed by atoms with Crippen molar-refractivity contribution in [2.75, 3.05) is 0 Å². The fourth-order valence-corrected chi connectivity index (χ4v) is 0. The smallest absolute Gasteiger partial charge is 0 e. The molecule has 0 spiro atoms. The van der Waals surface area contributed by atoms with E-state index >= 15 is 0 Å². The van der Waals surface area contributed by atoms with E-state index < -0.39 is 0 Å². The van der Waals surface area contributed by atoms with Crippen LogP contribution in [-0.4, -0.2) is 41.5 Å². The van der Waals surface area contributed by atoms with Crippen molar-refractivity contribution in [3.05, 3.63) is 0 Å². The van der Waals surface area contributed by atoms with Gasteiger partial charge < -0.3 is 0 Å². The van der Waals surface area contributed by atoms with Gasteiger partial charge in [0.2, 0.25) is 0 Å². The Bertz CT molecular complexity index is 15.5. The fourth-order valence-electron chi connectivity index (χ4n) is 0. The molecular weight excluding hydrogens is 460 g/mol. The minimum Gasteiger partial charge on any atom is -0.197 e. The van der Waals surface area contributed by atoms with Crippen LogP contribution in [0.5, 0.6) is 0 Å². The standard InChI is InChI=1S/Ag.Cu.Ge.H2S.Sn.Zn/h;;;1H2;;. The molecule has 0 saturated carbocycles. The van der Waals surface area contributed by atoms with Gasteiger partial charge in [0.25, 0.3) is 0 Å². The summed E-state index contributed by atoms with van der Waals surface area (Å²) < 4.78 is 0. The SMILES string of the molecule is S.[Ag].[Cu].[Ge].[Sn].[Zn]. The van der Waals surface area contributed by atoms with E-state index in [4.69, 9.17) is 0 Å². The maximum absolute atomic E-state index is 0. The molecule has 0 atom stereocenters. The molecule has 0 amide bonds. The first-order valence-corrected chi connectivity index (χ1v) is 0. The summed E-state index contributed by atoms with van der Waals surface area (Å²) in [5, 5.41) is 0. The van der Waals surface area contributed by atoms with E-state index in [1.165, 1.54) is 0 Å². The Kier molecular flexibility index (Phi) is 354. The molecule has 0 nitrogen and oxygen atoms in total. The van der Waals surface area contributed by atoms with E-state index in [9.17, 15) is 0 Å². The molecule has 6 heavy (non-hydrogen) atoms. The first-order valence-electron chi connectivity index (χ1n) is 0. The molecule has 0 aromatic heterocycles. The number of hydrogen-bond acceptors (Lipinski definition) is 0. The zero-order valence-electron chi connectivity index (χ0n) is 2.81. The van der Waals surface area contributed by atoms with Crippen LogP contribution in [0.15, 0.2) is 0 Å². The van der Waals surface area contributed by atoms with Gasteiger partial charge in [-0.25, -0.2) is 0 Å². The topological polar surface area (TPSA) is 0 Å². The van der Waals surface area contributed by atoms with Crippen molar-refractivity contribution in [3.8, 4) is 0 Å². The molecule has 0 bridgehead atoms. The van der Waals surface area contributed by atoms with Crippen molar-refractivity contribution in [2.24, 2.45) is 0 Å². The third-order valence-corrected chi connectivity index (χ3v) is 0. The summed E-state index contributed by atoms with van der Waals surface area (Å²) in [6.45, 7) is 0. The van der Waals surface area contributed by atoms with E-state index in [0.717, 1.165) is 0 Å². The van der Waals surface area contributed by atoms with E-state index in [0.29, 0.717) is 0 Å². The third kappa shape index (κ3) is 25.6. The normalized spacial score (nSPS) is 0. The third-order valence-electron chi connectivity index (χ3n) is 0. The monoisotopic (exact) mass is 462 g/mol. The molecule has 0 fully saturated rings. The Labute approximate surface area is 112 Å². The zero-order chi connectivity index (χ0) is 0. The molecule has 0 heterocycles. The summed E-state index contributed by atoms with van der Waals surface area (Å²) in [5.41, 5.74) is 0. The second-order valence-corrected chi connectivity index (χ2v) is 0. The molecule has 0 rings (SSSR count). The second kappa shape index (κ2) is 38.5. The first kappa shape index (κ1) is 55.1. The number of hydrogen-bond donors (Lipinski definition) is 0. The quantitative estimate of drug-likeness (QED) is 0.420. The van der Waals surface area contributed by atoms with E-state index in [1.807, 2.05) is 0 Å². The molecule has 0 N–H and O–H groups in total. The Morgan fingerprint density at radius 2 is 1.00 bits per heavy atom. The summed E-state index contributed by atoms with van der Waals surface area (Å²) in [5.74, 6) is 0. The van der Waals surface area contributed by atoms with Gasteiger partial charge in [0.15, 0.2) is 0 Å². The maximum Gasteiger partial charge on any atom is 0 e. The van der Waals surface area contributed by atoms with Crippen LogP contribution in [0.25, 0.3) is 0 Å². The van der Waals surface area contributed by atoms with Crippen LogP contribution in [0, 0.1) is 0 Å². The van der Waals surface area contributed by atoms with Gasteiger partial charge in [0, 0.05) is 100 Å². The van der Waals surface area contributed by atoms with Crippen LogP contribution in [0.2, 0.25) is 0 Å². The zero-order valence-corrected chi connectivity index (χ0v) is 14.2. The van der Waals surface area contributed by atoms with Crippen LogP contribution in [-0.2, 0) is 58.9 Å². The van der Waals surface area contributed by atoms with Gasteiger partial charge in [-0.15, -0.1) is 0 Å². The van der Waals surface area contributed by atoms with Crippen molar-refractivity contribution in [3.63, 3.8) is 0 Å². The van der Waals surface area contributed by atoms with Crippen LogP contribution in [0.3, 0.4) is 0 Å². The molecule has 0 aromatic carbocycles. The Hall–Kier alpha value is 3.57. The first-order chi connectivity index (χ1) is 0. The van der Waals surface area contributed by atoms with Gasteiger partial charge in [0.05, 0.1) is 0 Å². The van der Waals surface area contributed by atoms with Crippen molar-refractivity contribution in [2.45, 2.75) is 0 Å². The summed E-state index contributed by atoms with van der Waals surface area (Å²) in [4.78, 5) is 0. The number of rotatable bonds is 0. The van der Waals surface area contributed by atoms with Gasteiger partial charge in [0.1, 0.15) is 0 Å². The molecule has 0 aliphatic heterocycles. The predicted molar refractivity (Wildman–Crippen MR) is 21.9 cm³/mol. The Morgan fingerprint density at radius 1 is 1.00 bits per heavy atom. The van der Waals surface area contributed by atoms with E-state index in [-0.39, 0.29) is 114 Å². The predicted octanol–water partition coefficient (Wildman–Crippen LogP) is -0.656. The van der Waals surface area contributed by atoms with Crippen LogP contribution in [0.1, 0.15) is 0 Å². The molecule has 0 saturated heterocycles. The summed E-state index contributed by atoms with van der Waals surface area (Å²) in [7, 11) is 0. The average Bonchev–Trinajstić information content (AvgIpc) is 0. The molecule has 0 aromatic rings. The average molecular weight is 462 g/mol. The minimum atomic E-state index is 0. The maximum atomic E-state index is 0. The Morgan fingerprint density at radius 3 is 1.00 bits per heavy atom. The van der Waals surface area contributed by atoms with Crippen molar-refractivity contribution < 1.29 is 58.9 Å². The van der Waals surface area contributed by atoms with Gasteiger partial charge in [-0.05, 0) is 0 Å². The fraction of sp³-hybridized carbons (Fsp3) is 0. The molecule has 10 radical (unpaired) electrons. The van der Waals surface area contributed by atoms with Crippen LogP contribution < -0.4 is 0 Å². The van der Waals surface area contributed by atoms with Gasteiger partial charge >= 0.3 is 0 Å². The van der Waals surface area contributed by atoms with Gasteiger partial charge in [-0.1, -0.05) is 0 Å². The largest absolute Gasteiger partial charge is 0.197 e. The summed E-state index contributed by atoms with van der Waals surface area (Å²) in [6.07, 6.45) is 0. The van der Waals surface area contributed by atoms with Crippen molar-refractivity contribution in [1.82, 2.24) is 0 Å². The Balaban J connectivity index is 0. The molecule has 0 unspecified atom stereocenters.